The Balaban J connectivity index is 1.98. The molecule has 0 spiro atoms. The molecule has 0 saturated carbocycles. The maximum Gasteiger partial charge on any atom is 0.307 e. The highest BCUT2D eigenvalue weighted by atomic mass is 127. The van der Waals surface area contributed by atoms with Crippen LogP contribution in [-0.4, -0.2) is 11.1 Å². The largest absolute Gasteiger partial charge is 0.481 e. The van der Waals surface area contributed by atoms with E-state index in [9.17, 15) is 4.79 Å². The number of hydrogen-bond donors (Lipinski definition) is 2. The minimum absolute atomic E-state index is 0.0522. The predicted molar refractivity (Wildman–Crippen MR) is 89.3 cm³/mol. The first-order chi connectivity index (χ1) is 9.54. The van der Waals surface area contributed by atoms with Crippen LogP contribution in [0.3, 0.4) is 0 Å². The quantitative estimate of drug-likeness (QED) is 0.739. The lowest BCUT2D eigenvalue weighted by atomic mass is 10.1. The molecule has 0 fully saturated rings. The molecule has 0 aliphatic heterocycles. The van der Waals surface area contributed by atoms with Gasteiger partial charge in [0, 0.05) is 10.1 Å². The third-order valence-corrected chi connectivity index (χ3v) is 3.78. The molecule has 0 heterocycles. The molecule has 104 valence electrons. The van der Waals surface area contributed by atoms with Gasteiger partial charge in [-0.25, -0.2) is 0 Å². The molecule has 0 unspecified atom stereocenters. The number of aliphatic carboxylic acids is 1. The van der Waals surface area contributed by atoms with Crippen LogP contribution in [0.5, 0.6) is 0 Å². The van der Waals surface area contributed by atoms with Gasteiger partial charge in [-0.1, -0.05) is 35.9 Å². The van der Waals surface area contributed by atoms with Crippen molar-refractivity contribution in [2.45, 2.75) is 13.0 Å². The van der Waals surface area contributed by atoms with E-state index in [0.717, 1.165) is 20.4 Å². The monoisotopic (exact) mass is 401 g/mol. The molecule has 5 heteroatoms. The van der Waals surface area contributed by atoms with Crippen molar-refractivity contribution in [1.29, 1.82) is 0 Å². The first-order valence-corrected chi connectivity index (χ1v) is 7.49. The summed E-state index contributed by atoms with van der Waals surface area (Å²) in [6.07, 6.45) is 0.0522. The fourth-order valence-electron chi connectivity index (χ4n) is 1.78. The Bertz CT molecular complexity index is 614. The topological polar surface area (TPSA) is 49.3 Å². The molecule has 0 aliphatic carbocycles. The van der Waals surface area contributed by atoms with E-state index in [1.165, 1.54) is 0 Å². The van der Waals surface area contributed by atoms with Crippen molar-refractivity contribution in [3.63, 3.8) is 0 Å². The van der Waals surface area contributed by atoms with Crippen LogP contribution in [0.25, 0.3) is 0 Å². The van der Waals surface area contributed by atoms with E-state index in [4.69, 9.17) is 16.7 Å². The zero-order chi connectivity index (χ0) is 14.5. The van der Waals surface area contributed by atoms with E-state index in [1.54, 1.807) is 0 Å². The second kappa shape index (κ2) is 6.95. The van der Waals surface area contributed by atoms with Gasteiger partial charge in [0.15, 0.2) is 0 Å². The first-order valence-electron chi connectivity index (χ1n) is 6.03. The van der Waals surface area contributed by atoms with Crippen molar-refractivity contribution in [2.75, 3.05) is 5.32 Å². The summed E-state index contributed by atoms with van der Waals surface area (Å²) in [6.45, 7) is 0.646. The second-order valence-electron chi connectivity index (χ2n) is 4.36. The number of hydrogen-bond acceptors (Lipinski definition) is 2. The van der Waals surface area contributed by atoms with Crippen molar-refractivity contribution in [1.82, 2.24) is 0 Å². The summed E-state index contributed by atoms with van der Waals surface area (Å²) < 4.78 is 1.09. The normalized spacial score (nSPS) is 10.3. The van der Waals surface area contributed by atoms with Gasteiger partial charge >= 0.3 is 5.97 Å². The number of benzene rings is 2. The van der Waals surface area contributed by atoms with Crippen molar-refractivity contribution >= 4 is 45.8 Å². The standard InChI is InChI=1S/C15H13ClINO2/c16-13-8-12(17)5-6-14(13)18-9-11-3-1-10(2-4-11)7-15(19)20/h1-6,8,18H,7,9H2,(H,19,20). The average molecular weight is 402 g/mol. The minimum atomic E-state index is -0.818. The van der Waals surface area contributed by atoms with Gasteiger partial charge < -0.3 is 10.4 Å². The highest BCUT2D eigenvalue weighted by Crippen LogP contribution is 2.24. The SMILES string of the molecule is O=C(O)Cc1ccc(CNc2ccc(I)cc2Cl)cc1. The van der Waals surface area contributed by atoms with Crippen LogP contribution < -0.4 is 5.32 Å². The van der Waals surface area contributed by atoms with Crippen LogP contribution in [0, 0.1) is 3.57 Å². The molecule has 0 radical (unpaired) electrons. The van der Waals surface area contributed by atoms with Crippen LogP contribution in [-0.2, 0) is 17.8 Å². The van der Waals surface area contributed by atoms with Crippen molar-refractivity contribution in [3.8, 4) is 0 Å². The fourth-order valence-corrected chi connectivity index (χ4v) is 2.70. The highest BCUT2D eigenvalue weighted by Gasteiger charge is 2.02. The maximum atomic E-state index is 10.6. The van der Waals surface area contributed by atoms with E-state index < -0.39 is 5.97 Å². The van der Waals surface area contributed by atoms with Crippen LogP contribution in [0.15, 0.2) is 42.5 Å². The molecule has 0 bridgehead atoms. The molecule has 20 heavy (non-hydrogen) atoms. The summed E-state index contributed by atoms with van der Waals surface area (Å²) in [5.41, 5.74) is 2.77. The minimum Gasteiger partial charge on any atom is -0.481 e. The molecule has 0 aromatic heterocycles. The van der Waals surface area contributed by atoms with Gasteiger partial charge in [-0.3, -0.25) is 4.79 Å². The van der Waals surface area contributed by atoms with E-state index in [1.807, 2.05) is 42.5 Å². The molecule has 2 aromatic carbocycles. The molecule has 3 nitrogen and oxygen atoms in total. The van der Waals surface area contributed by atoms with Gasteiger partial charge in [0.05, 0.1) is 17.1 Å². The number of carboxylic acids is 1. The van der Waals surface area contributed by atoms with Gasteiger partial charge in [0.2, 0.25) is 0 Å². The van der Waals surface area contributed by atoms with Gasteiger partial charge in [0.1, 0.15) is 0 Å². The summed E-state index contributed by atoms with van der Waals surface area (Å²) in [7, 11) is 0. The number of carbonyl (C=O) groups is 1. The summed E-state index contributed by atoms with van der Waals surface area (Å²) in [5.74, 6) is -0.818. The van der Waals surface area contributed by atoms with Crippen LogP contribution in [0.4, 0.5) is 5.69 Å². The number of halogens is 2. The average Bonchev–Trinajstić information content (AvgIpc) is 2.39. The van der Waals surface area contributed by atoms with E-state index in [2.05, 4.69) is 27.9 Å². The molecule has 0 amide bonds. The van der Waals surface area contributed by atoms with Crippen molar-refractivity contribution in [3.05, 3.63) is 62.2 Å². The summed E-state index contributed by atoms with van der Waals surface area (Å²) in [4.78, 5) is 10.6. The molecule has 0 atom stereocenters. The zero-order valence-corrected chi connectivity index (χ0v) is 13.5. The second-order valence-corrected chi connectivity index (χ2v) is 6.02. The molecule has 2 N–H and O–H groups in total. The maximum absolute atomic E-state index is 10.6. The van der Waals surface area contributed by atoms with E-state index in [-0.39, 0.29) is 6.42 Å². The van der Waals surface area contributed by atoms with Crippen LogP contribution in [0.1, 0.15) is 11.1 Å². The Morgan fingerprint density at radius 2 is 1.80 bits per heavy atom. The summed E-state index contributed by atoms with van der Waals surface area (Å²) >= 11 is 8.36. The third kappa shape index (κ3) is 4.38. The molecule has 0 aliphatic rings. The Morgan fingerprint density at radius 1 is 1.15 bits per heavy atom. The van der Waals surface area contributed by atoms with Crippen molar-refractivity contribution in [2.24, 2.45) is 0 Å². The summed E-state index contributed by atoms with van der Waals surface area (Å²) in [6, 6.07) is 13.4. The number of nitrogens with one attached hydrogen (secondary N) is 1. The number of rotatable bonds is 5. The van der Waals surface area contributed by atoms with Crippen molar-refractivity contribution < 1.29 is 9.90 Å². The van der Waals surface area contributed by atoms with Gasteiger partial charge in [0.25, 0.3) is 0 Å². The Labute approximate surface area is 136 Å². The lowest BCUT2D eigenvalue weighted by Gasteiger charge is -2.09. The molecular formula is C15H13ClINO2. The highest BCUT2D eigenvalue weighted by molar-refractivity contribution is 14.1. The Morgan fingerprint density at radius 3 is 2.40 bits per heavy atom. The number of anilines is 1. The predicted octanol–water partition coefficient (Wildman–Crippen LogP) is 4.18. The summed E-state index contributed by atoms with van der Waals surface area (Å²) in [5, 5.41) is 12.7. The molecule has 2 rings (SSSR count). The van der Waals surface area contributed by atoms with Crippen LogP contribution >= 0.6 is 34.2 Å². The Hall–Kier alpha value is -1.27. The van der Waals surface area contributed by atoms with E-state index in [0.29, 0.717) is 11.6 Å². The number of carboxylic acid groups (broad SMARTS) is 1. The Kier molecular flexibility index (Phi) is 5.25. The van der Waals surface area contributed by atoms with E-state index >= 15 is 0 Å². The smallest absolute Gasteiger partial charge is 0.307 e. The van der Waals surface area contributed by atoms with Gasteiger partial charge in [-0.2, -0.15) is 0 Å². The third-order valence-electron chi connectivity index (χ3n) is 2.79. The van der Waals surface area contributed by atoms with Gasteiger partial charge in [-0.05, 0) is 51.9 Å². The van der Waals surface area contributed by atoms with Gasteiger partial charge in [-0.15, -0.1) is 0 Å². The first kappa shape index (κ1) is 15.1. The van der Waals surface area contributed by atoms with Crippen LogP contribution in [0.2, 0.25) is 5.02 Å². The molecule has 0 saturated heterocycles. The lowest BCUT2D eigenvalue weighted by molar-refractivity contribution is -0.136. The zero-order valence-electron chi connectivity index (χ0n) is 10.6. The fraction of sp³-hybridized carbons (Fsp3) is 0.133. The lowest BCUT2D eigenvalue weighted by Crippen LogP contribution is -2.02. The molecular weight excluding hydrogens is 389 g/mol. The molecule has 2 aromatic rings.